The van der Waals surface area contributed by atoms with Crippen LogP contribution < -0.4 is 15.8 Å². The second-order valence-corrected chi connectivity index (χ2v) is 6.12. The van der Waals surface area contributed by atoms with E-state index < -0.39 is 17.9 Å². The number of ketones is 1. The largest absolute Gasteiger partial charge is 0.573 e. The van der Waals surface area contributed by atoms with Crippen molar-refractivity contribution in [2.75, 3.05) is 11.1 Å². The maximum Gasteiger partial charge on any atom is 0.573 e. The second-order valence-electron chi connectivity index (χ2n) is 5.13. The highest BCUT2D eigenvalue weighted by atomic mass is 32.1. The summed E-state index contributed by atoms with van der Waals surface area (Å²) in [5.74, 6) is -0.786. The minimum Gasteiger partial charge on any atom is -0.406 e. The molecule has 26 heavy (non-hydrogen) atoms. The number of benzene rings is 2. The van der Waals surface area contributed by atoms with Crippen molar-refractivity contribution in [1.82, 2.24) is 4.98 Å². The van der Waals surface area contributed by atoms with Crippen LogP contribution in [-0.2, 0) is 0 Å². The van der Waals surface area contributed by atoms with Crippen LogP contribution in [0, 0.1) is 0 Å². The molecule has 3 rings (SSSR count). The highest BCUT2D eigenvalue weighted by Gasteiger charge is 2.31. The molecule has 0 aliphatic rings. The lowest BCUT2D eigenvalue weighted by atomic mass is 10.1. The zero-order valence-electron chi connectivity index (χ0n) is 13.1. The van der Waals surface area contributed by atoms with Crippen molar-refractivity contribution in [3.05, 3.63) is 65.0 Å². The van der Waals surface area contributed by atoms with E-state index >= 15 is 0 Å². The van der Waals surface area contributed by atoms with E-state index in [1.54, 1.807) is 0 Å². The Balaban J connectivity index is 1.77. The molecule has 0 atom stereocenters. The maximum atomic E-state index is 12.5. The molecule has 1 heterocycles. The average molecular weight is 379 g/mol. The van der Waals surface area contributed by atoms with Gasteiger partial charge in [0.2, 0.25) is 5.78 Å². The molecule has 3 N–H and O–H groups in total. The monoisotopic (exact) mass is 379 g/mol. The summed E-state index contributed by atoms with van der Waals surface area (Å²) in [6, 6.07) is 13.8. The SMILES string of the molecule is Nc1nc(Nc2ccccc2)sc1C(=O)c1ccc(OC(F)(F)F)cc1. The van der Waals surface area contributed by atoms with Gasteiger partial charge >= 0.3 is 6.36 Å². The van der Waals surface area contributed by atoms with Crippen LogP contribution in [0.3, 0.4) is 0 Å². The molecule has 0 bridgehead atoms. The zero-order chi connectivity index (χ0) is 18.7. The van der Waals surface area contributed by atoms with Gasteiger partial charge < -0.3 is 15.8 Å². The molecule has 0 spiro atoms. The number of rotatable bonds is 5. The third-order valence-electron chi connectivity index (χ3n) is 3.23. The zero-order valence-corrected chi connectivity index (χ0v) is 13.9. The van der Waals surface area contributed by atoms with Crippen molar-refractivity contribution in [2.24, 2.45) is 0 Å². The Labute approximate surface area is 150 Å². The quantitative estimate of drug-likeness (QED) is 0.634. The van der Waals surface area contributed by atoms with Crippen LogP contribution in [0.25, 0.3) is 0 Å². The van der Waals surface area contributed by atoms with Gasteiger partial charge in [-0.1, -0.05) is 29.5 Å². The highest BCUT2D eigenvalue weighted by molar-refractivity contribution is 7.18. The summed E-state index contributed by atoms with van der Waals surface area (Å²) in [6.07, 6.45) is -4.79. The van der Waals surface area contributed by atoms with E-state index in [1.807, 2.05) is 30.3 Å². The van der Waals surface area contributed by atoms with Crippen LogP contribution >= 0.6 is 11.3 Å². The number of nitrogen functional groups attached to an aromatic ring is 1. The first-order valence-electron chi connectivity index (χ1n) is 7.31. The summed E-state index contributed by atoms with van der Waals surface area (Å²) < 4.78 is 40.3. The molecule has 134 valence electrons. The first-order valence-corrected chi connectivity index (χ1v) is 8.12. The molecule has 0 unspecified atom stereocenters. The predicted molar refractivity (Wildman–Crippen MR) is 92.8 cm³/mol. The van der Waals surface area contributed by atoms with Crippen LogP contribution in [0.4, 0.5) is 29.8 Å². The van der Waals surface area contributed by atoms with E-state index in [-0.39, 0.29) is 16.3 Å². The Morgan fingerprint density at radius 2 is 1.73 bits per heavy atom. The summed E-state index contributed by atoms with van der Waals surface area (Å²) in [7, 11) is 0. The smallest absolute Gasteiger partial charge is 0.406 e. The number of hydrogen-bond donors (Lipinski definition) is 2. The number of ether oxygens (including phenoxy) is 1. The van der Waals surface area contributed by atoms with Crippen molar-refractivity contribution < 1.29 is 22.7 Å². The number of thiazole rings is 1. The first kappa shape index (κ1) is 17.7. The van der Waals surface area contributed by atoms with Crippen molar-refractivity contribution in [3.63, 3.8) is 0 Å². The summed E-state index contributed by atoms with van der Waals surface area (Å²) in [5.41, 5.74) is 6.78. The molecular formula is C17H12F3N3O2S. The van der Waals surface area contributed by atoms with Crippen molar-refractivity contribution in [1.29, 1.82) is 0 Å². The van der Waals surface area contributed by atoms with E-state index in [4.69, 9.17) is 5.73 Å². The van der Waals surface area contributed by atoms with Crippen molar-refractivity contribution in [3.8, 4) is 5.75 Å². The van der Waals surface area contributed by atoms with Gasteiger partial charge in [-0.25, -0.2) is 4.98 Å². The fourth-order valence-corrected chi connectivity index (χ4v) is 3.00. The molecule has 3 aromatic rings. The summed E-state index contributed by atoms with van der Waals surface area (Å²) in [5, 5.41) is 3.48. The van der Waals surface area contributed by atoms with E-state index in [0.717, 1.165) is 29.2 Å². The molecule has 0 aliphatic heterocycles. The number of anilines is 3. The van der Waals surface area contributed by atoms with Crippen LogP contribution in [0.1, 0.15) is 15.2 Å². The van der Waals surface area contributed by atoms with Crippen LogP contribution in [-0.4, -0.2) is 17.1 Å². The van der Waals surface area contributed by atoms with Gasteiger partial charge in [-0.15, -0.1) is 13.2 Å². The summed E-state index contributed by atoms with van der Waals surface area (Å²) in [6.45, 7) is 0. The Bertz CT molecular complexity index is 909. The van der Waals surface area contributed by atoms with Crippen LogP contribution in [0.15, 0.2) is 54.6 Å². The van der Waals surface area contributed by atoms with E-state index in [9.17, 15) is 18.0 Å². The highest BCUT2D eigenvalue weighted by Crippen LogP contribution is 2.30. The lowest BCUT2D eigenvalue weighted by molar-refractivity contribution is -0.274. The molecular weight excluding hydrogens is 367 g/mol. The Hall–Kier alpha value is -3.07. The predicted octanol–water partition coefficient (Wildman–Crippen LogP) is 4.60. The third-order valence-corrected chi connectivity index (χ3v) is 4.22. The van der Waals surface area contributed by atoms with Crippen LogP contribution in [0.2, 0.25) is 0 Å². The van der Waals surface area contributed by atoms with Crippen molar-refractivity contribution in [2.45, 2.75) is 6.36 Å². The number of carbonyl (C=O) groups is 1. The molecule has 1 aromatic heterocycles. The van der Waals surface area contributed by atoms with Gasteiger partial charge in [0.1, 0.15) is 16.4 Å². The van der Waals surface area contributed by atoms with E-state index in [1.165, 1.54) is 12.1 Å². The average Bonchev–Trinajstić information content (AvgIpc) is 2.94. The Kier molecular flexibility index (Phi) is 4.81. The number of para-hydroxylation sites is 1. The minimum absolute atomic E-state index is 0.0500. The molecule has 2 aromatic carbocycles. The first-order chi connectivity index (χ1) is 12.3. The number of nitrogens with zero attached hydrogens (tertiary/aromatic N) is 1. The standard InChI is InChI=1S/C17H12F3N3O2S/c18-17(19,20)25-12-8-6-10(7-9-12)13(24)14-15(21)23-16(26-14)22-11-4-2-1-3-5-11/h1-9H,21H2,(H,22,23). The number of halogens is 3. The lowest BCUT2D eigenvalue weighted by Gasteiger charge is -2.08. The van der Waals surface area contributed by atoms with Gasteiger partial charge in [0.25, 0.3) is 0 Å². The van der Waals surface area contributed by atoms with E-state index in [2.05, 4.69) is 15.0 Å². The molecule has 9 heteroatoms. The molecule has 0 saturated carbocycles. The number of aromatic nitrogens is 1. The number of alkyl halides is 3. The molecule has 0 radical (unpaired) electrons. The van der Waals surface area contributed by atoms with Gasteiger partial charge in [0.15, 0.2) is 5.13 Å². The number of nitrogens with one attached hydrogen (secondary N) is 1. The maximum absolute atomic E-state index is 12.5. The van der Waals surface area contributed by atoms with Gasteiger partial charge in [0, 0.05) is 11.3 Å². The van der Waals surface area contributed by atoms with Gasteiger partial charge in [0.05, 0.1) is 0 Å². The van der Waals surface area contributed by atoms with Gasteiger partial charge in [-0.3, -0.25) is 4.79 Å². The van der Waals surface area contributed by atoms with Gasteiger partial charge in [-0.05, 0) is 36.4 Å². The Morgan fingerprint density at radius 3 is 2.35 bits per heavy atom. The van der Waals surface area contributed by atoms with Gasteiger partial charge in [-0.2, -0.15) is 0 Å². The molecule has 5 nitrogen and oxygen atoms in total. The number of carbonyl (C=O) groups excluding carboxylic acids is 1. The molecule has 0 amide bonds. The summed E-state index contributed by atoms with van der Waals surface area (Å²) in [4.78, 5) is 16.8. The van der Waals surface area contributed by atoms with E-state index in [0.29, 0.717) is 5.13 Å². The fourth-order valence-electron chi connectivity index (χ4n) is 2.13. The third kappa shape index (κ3) is 4.31. The van der Waals surface area contributed by atoms with Crippen LogP contribution in [0.5, 0.6) is 5.75 Å². The minimum atomic E-state index is -4.79. The fraction of sp³-hybridized carbons (Fsp3) is 0.0588. The topological polar surface area (TPSA) is 77.2 Å². The summed E-state index contributed by atoms with van der Waals surface area (Å²) >= 11 is 1.06. The molecule has 0 aliphatic carbocycles. The lowest BCUT2D eigenvalue weighted by Crippen LogP contribution is -2.17. The number of hydrogen-bond acceptors (Lipinski definition) is 6. The normalized spacial score (nSPS) is 11.2. The van der Waals surface area contributed by atoms with Crippen molar-refractivity contribution >= 4 is 33.8 Å². The second kappa shape index (κ2) is 7.04. The molecule has 0 fully saturated rings. The molecule has 0 saturated heterocycles. The number of nitrogens with two attached hydrogens (primary N) is 1. The Morgan fingerprint density at radius 1 is 1.08 bits per heavy atom.